The molecule has 3 aromatic carbocycles. The van der Waals surface area contributed by atoms with Gasteiger partial charge in [0.25, 0.3) is 0 Å². The van der Waals surface area contributed by atoms with Gasteiger partial charge >= 0.3 is 12.4 Å². The highest BCUT2D eigenvalue weighted by molar-refractivity contribution is 5.90. The largest absolute Gasteiger partial charge is 0.419 e. The Morgan fingerprint density at radius 1 is 0.829 bits per heavy atom. The Bertz CT molecular complexity index is 1370. The first-order valence-electron chi connectivity index (χ1n) is 12.3. The molecule has 0 bridgehead atoms. The molecule has 12 heteroatoms. The summed E-state index contributed by atoms with van der Waals surface area (Å²) < 4.78 is 116. The first-order chi connectivity index (χ1) is 18.8. The Hall–Kier alpha value is -3.51. The second-order valence-electron chi connectivity index (χ2n) is 10.3. The minimum atomic E-state index is -5.62. The third-order valence-corrected chi connectivity index (χ3v) is 7.16. The third-order valence-electron chi connectivity index (χ3n) is 7.16. The Kier molecular flexibility index (Phi) is 8.63. The van der Waals surface area contributed by atoms with E-state index in [1.807, 2.05) is 0 Å². The normalized spacial score (nSPS) is 17.0. The van der Waals surface area contributed by atoms with Gasteiger partial charge in [0.2, 0.25) is 5.91 Å². The monoisotopic (exact) mass is 588 g/mol. The molecule has 0 radical (unpaired) electrons. The van der Waals surface area contributed by atoms with Gasteiger partial charge in [-0.3, -0.25) is 10.1 Å². The van der Waals surface area contributed by atoms with Crippen LogP contribution in [0, 0.1) is 11.6 Å². The van der Waals surface area contributed by atoms with Gasteiger partial charge in [-0.15, -0.1) is 0 Å². The number of carbonyl (C=O) groups is 1. The summed E-state index contributed by atoms with van der Waals surface area (Å²) in [5.74, 6) is -4.14. The van der Waals surface area contributed by atoms with Gasteiger partial charge in [-0.25, -0.2) is 8.78 Å². The highest BCUT2D eigenvalue weighted by atomic mass is 19.4. The smallest absolute Gasteiger partial charge is 0.379 e. The van der Waals surface area contributed by atoms with Crippen molar-refractivity contribution >= 4 is 5.91 Å². The van der Waals surface area contributed by atoms with Gasteiger partial charge in [-0.1, -0.05) is 42.5 Å². The molecule has 0 aromatic heterocycles. The van der Waals surface area contributed by atoms with Gasteiger partial charge in [0.15, 0.2) is 5.60 Å². The van der Waals surface area contributed by atoms with Crippen LogP contribution in [-0.2, 0) is 22.8 Å². The summed E-state index contributed by atoms with van der Waals surface area (Å²) in [6, 6.07) is 11.0. The number of halogens is 8. The molecule has 0 aliphatic carbocycles. The summed E-state index contributed by atoms with van der Waals surface area (Å²) in [6.45, 7) is 2.92. The van der Waals surface area contributed by atoms with E-state index in [1.54, 1.807) is 6.07 Å². The van der Waals surface area contributed by atoms with Crippen molar-refractivity contribution in [1.29, 1.82) is 0 Å². The summed E-state index contributed by atoms with van der Waals surface area (Å²) in [4.78, 5) is 13.6. The number of hydrogen-bond acceptors (Lipinski definition) is 3. The standard InChI is InChI=1S/C29H28F8N2O2/c1-17(2)39-27(24(38)40,25(3,41)29(35,36)37)26(16-18-7-5-4-6-8-18,19-9-11-22(30)12-10-19)20-13-21(28(32,33)34)15-23(31)14-20/h4-15,17,39,41H,16H2,1-3H3,(H2,38,40)/t25?,26-,27?/m1/s1. The van der Waals surface area contributed by atoms with Crippen molar-refractivity contribution in [2.45, 2.75) is 62.1 Å². The molecule has 3 rings (SSSR count). The van der Waals surface area contributed by atoms with Crippen LogP contribution in [0.1, 0.15) is 43.0 Å². The predicted octanol–water partition coefficient (Wildman–Crippen LogP) is 6.05. The molecule has 4 nitrogen and oxygen atoms in total. The van der Waals surface area contributed by atoms with Crippen molar-refractivity contribution < 1.29 is 45.0 Å². The molecule has 0 saturated carbocycles. The van der Waals surface area contributed by atoms with Crippen molar-refractivity contribution in [3.63, 3.8) is 0 Å². The number of alkyl halides is 6. The molecular formula is C29H28F8N2O2. The van der Waals surface area contributed by atoms with Crippen LogP contribution >= 0.6 is 0 Å². The number of rotatable bonds is 9. The summed E-state index contributed by atoms with van der Waals surface area (Å²) in [5.41, 5.74) is -6.96. The minimum Gasteiger partial charge on any atom is -0.379 e. The van der Waals surface area contributed by atoms with E-state index in [2.05, 4.69) is 5.32 Å². The minimum absolute atomic E-state index is 0.144. The molecule has 222 valence electrons. The zero-order chi connectivity index (χ0) is 31.0. The quantitative estimate of drug-likeness (QED) is 0.267. The van der Waals surface area contributed by atoms with Gasteiger partial charge < -0.3 is 10.8 Å². The van der Waals surface area contributed by atoms with E-state index in [9.17, 15) is 40.6 Å². The number of nitrogens with two attached hydrogens (primary N) is 1. The SMILES string of the molecule is CC(C)NC(C(N)=O)(C(C)(O)C(F)(F)F)[C@](Cc1ccccc1)(c1ccc(F)cc1)c1cc(F)cc(C(F)(F)F)c1. The fourth-order valence-corrected chi connectivity index (χ4v) is 5.42. The van der Waals surface area contributed by atoms with E-state index >= 15 is 4.39 Å². The average Bonchev–Trinajstić information content (AvgIpc) is 2.85. The first kappa shape index (κ1) is 32.0. The van der Waals surface area contributed by atoms with E-state index in [0.29, 0.717) is 12.1 Å². The molecule has 0 fully saturated rings. The molecule has 0 aliphatic rings. The second kappa shape index (κ2) is 11.1. The van der Waals surface area contributed by atoms with Gasteiger partial charge in [-0.05, 0) is 74.2 Å². The zero-order valence-electron chi connectivity index (χ0n) is 22.2. The molecular weight excluding hydrogens is 560 g/mol. The molecule has 0 saturated heterocycles. The van der Waals surface area contributed by atoms with Crippen LogP contribution in [-0.4, -0.2) is 34.4 Å². The van der Waals surface area contributed by atoms with Gasteiger partial charge in [0.05, 0.1) is 11.0 Å². The van der Waals surface area contributed by atoms with Gasteiger partial charge in [0, 0.05) is 6.04 Å². The molecule has 4 N–H and O–H groups in total. The summed E-state index contributed by atoms with van der Waals surface area (Å²) >= 11 is 0. The van der Waals surface area contributed by atoms with E-state index in [0.717, 1.165) is 24.3 Å². The van der Waals surface area contributed by atoms with Crippen LogP contribution in [0.4, 0.5) is 35.1 Å². The Morgan fingerprint density at radius 3 is 1.83 bits per heavy atom. The second-order valence-corrected chi connectivity index (χ2v) is 10.3. The lowest BCUT2D eigenvalue weighted by molar-refractivity contribution is -0.284. The summed E-state index contributed by atoms with van der Waals surface area (Å²) in [7, 11) is 0. The molecule has 3 atom stereocenters. The zero-order valence-corrected chi connectivity index (χ0v) is 22.2. The number of primary amides is 1. The number of carbonyl (C=O) groups excluding carboxylic acids is 1. The first-order valence-corrected chi connectivity index (χ1v) is 12.3. The average molecular weight is 589 g/mol. The molecule has 0 spiro atoms. The van der Waals surface area contributed by atoms with Crippen LogP contribution in [0.15, 0.2) is 72.8 Å². The molecule has 2 unspecified atom stereocenters. The summed E-state index contributed by atoms with van der Waals surface area (Å²) in [6.07, 6.45) is -11.5. The summed E-state index contributed by atoms with van der Waals surface area (Å²) in [5, 5.41) is 13.8. The number of benzene rings is 3. The number of hydrogen-bond donors (Lipinski definition) is 3. The molecule has 1 amide bonds. The Balaban J connectivity index is 2.74. The van der Waals surface area contributed by atoms with Gasteiger partial charge in [-0.2, -0.15) is 26.3 Å². The lowest BCUT2D eigenvalue weighted by atomic mass is 9.52. The maximum atomic E-state index is 15.0. The van der Waals surface area contributed by atoms with E-state index < -0.39 is 70.0 Å². The van der Waals surface area contributed by atoms with E-state index in [4.69, 9.17) is 5.73 Å². The van der Waals surface area contributed by atoms with Gasteiger partial charge in [0.1, 0.15) is 17.2 Å². The van der Waals surface area contributed by atoms with Crippen LogP contribution in [0.3, 0.4) is 0 Å². The Morgan fingerprint density at radius 2 is 1.37 bits per heavy atom. The highest BCUT2D eigenvalue weighted by Crippen LogP contribution is 2.54. The Labute approximate surface area is 231 Å². The van der Waals surface area contributed by atoms with Crippen molar-refractivity contribution in [2.75, 3.05) is 0 Å². The topological polar surface area (TPSA) is 75.3 Å². The molecule has 41 heavy (non-hydrogen) atoms. The van der Waals surface area contributed by atoms with Crippen molar-refractivity contribution in [3.8, 4) is 0 Å². The third kappa shape index (κ3) is 5.67. The van der Waals surface area contributed by atoms with Crippen LogP contribution < -0.4 is 11.1 Å². The van der Waals surface area contributed by atoms with E-state index in [-0.39, 0.29) is 24.1 Å². The van der Waals surface area contributed by atoms with E-state index in [1.165, 1.54) is 38.1 Å². The van der Waals surface area contributed by atoms with Crippen LogP contribution in [0.5, 0.6) is 0 Å². The predicted molar refractivity (Wildman–Crippen MR) is 136 cm³/mol. The van der Waals surface area contributed by atoms with Crippen molar-refractivity contribution in [1.82, 2.24) is 5.32 Å². The number of aliphatic hydroxyl groups is 1. The molecule has 3 aromatic rings. The lowest BCUT2D eigenvalue weighted by Gasteiger charge is -2.57. The van der Waals surface area contributed by atoms with Crippen LogP contribution in [0.25, 0.3) is 0 Å². The highest BCUT2D eigenvalue weighted by Gasteiger charge is 2.74. The fraction of sp³-hybridized carbons (Fsp3) is 0.345. The van der Waals surface area contributed by atoms with Crippen molar-refractivity contribution in [3.05, 3.63) is 107 Å². The van der Waals surface area contributed by atoms with Crippen LogP contribution in [0.2, 0.25) is 0 Å². The molecule has 0 heterocycles. The van der Waals surface area contributed by atoms with Crippen molar-refractivity contribution in [2.24, 2.45) is 5.73 Å². The fourth-order valence-electron chi connectivity index (χ4n) is 5.42. The maximum Gasteiger partial charge on any atom is 0.419 e. The lowest BCUT2D eigenvalue weighted by Crippen LogP contribution is -2.82. The molecule has 0 aliphatic heterocycles. The number of amides is 1. The number of nitrogens with one attached hydrogen (secondary N) is 1. The maximum absolute atomic E-state index is 15.0.